The van der Waals surface area contributed by atoms with E-state index in [2.05, 4.69) is 31.1 Å². The molecular weight excluding hydrogens is 462 g/mol. The quantitative estimate of drug-likeness (QED) is 0.363. The monoisotopic (exact) mass is 489 g/mol. The van der Waals surface area contributed by atoms with Crippen LogP contribution in [0.3, 0.4) is 0 Å². The van der Waals surface area contributed by atoms with Crippen molar-refractivity contribution in [1.82, 2.24) is 9.55 Å². The number of carbonyl (C=O) groups excluding carboxylic acids is 1. The molecule has 3 rings (SSSR count). The van der Waals surface area contributed by atoms with Crippen LogP contribution in [0.5, 0.6) is 5.75 Å². The van der Waals surface area contributed by atoms with E-state index in [0.29, 0.717) is 45.7 Å². The molecule has 1 aromatic heterocycles. The predicted molar refractivity (Wildman–Crippen MR) is 134 cm³/mol. The number of amides is 1. The van der Waals surface area contributed by atoms with E-state index in [1.54, 1.807) is 32.4 Å². The molecule has 0 unspecified atom stereocenters. The average Bonchev–Trinajstić information content (AvgIpc) is 2.76. The number of methoxy groups -OCH3 is 2. The van der Waals surface area contributed by atoms with Gasteiger partial charge < -0.3 is 14.8 Å². The summed E-state index contributed by atoms with van der Waals surface area (Å²) in [5.41, 5.74) is 1.90. The predicted octanol–water partition coefficient (Wildman–Crippen LogP) is 4.73. The molecule has 0 spiro atoms. The van der Waals surface area contributed by atoms with Gasteiger partial charge in [-0.15, -0.1) is 0 Å². The molecule has 0 saturated heterocycles. The van der Waals surface area contributed by atoms with Gasteiger partial charge in [0.05, 0.1) is 42.6 Å². The van der Waals surface area contributed by atoms with Gasteiger partial charge in [0.25, 0.3) is 5.56 Å². The largest absolute Gasteiger partial charge is 0.495 e. The maximum atomic E-state index is 13.0. The van der Waals surface area contributed by atoms with Crippen LogP contribution in [0.15, 0.2) is 46.3 Å². The Balaban J connectivity index is 1.85. The lowest BCUT2D eigenvalue weighted by Gasteiger charge is -2.21. The summed E-state index contributed by atoms with van der Waals surface area (Å²) in [6, 6.07) is 10.7. The van der Waals surface area contributed by atoms with E-state index in [4.69, 9.17) is 21.1 Å². The second-order valence-corrected chi connectivity index (χ2v) is 9.89. The summed E-state index contributed by atoms with van der Waals surface area (Å²) in [6.45, 7) is 6.98. The number of carbonyl (C=O) groups is 1. The number of aromatic nitrogens is 2. The molecule has 9 heteroatoms. The van der Waals surface area contributed by atoms with Crippen molar-refractivity contribution in [3.63, 3.8) is 0 Å². The number of hydrogen-bond acceptors (Lipinski definition) is 6. The minimum absolute atomic E-state index is 0.0639. The van der Waals surface area contributed by atoms with Crippen molar-refractivity contribution < 1.29 is 14.3 Å². The van der Waals surface area contributed by atoms with Crippen molar-refractivity contribution in [2.75, 3.05) is 31.9 Å². The van der Waals surface area contributed by atoms with Crippen molar-refractivity contribution in [2.45, 2.75) is 37.9 Å². The van der Waals surface area contributed by atoms with Gasteiger partial charge in [0.2, 0.25) is 5.91 Å². The van der Waals surface area contributed by atoms with Crippen LogP contribution in [-0.4, -0.2) is 42.0 Å². The highest BCUT2D eigenvalue weighted by atomic mass is 35.5. The lowest BCUT2D eigenvalue weighted by molar-refractivity contribution is -0.113. The molecule has 0 aliphatic rings. The van der Waals surface area contributed by atoms with Crippen LogP contribution in [0, 0.1) is 0 Å². The van der Waals surface area contributed by atoms with Crippen LogP contribution in [0.25, 0.3) is 10.9 Å². The fraction of sp³-hybridized carbons (Fsp3) is 0.375. The number of rotatable bonds is 8. The Morgan fingerprint density at radius 3 is 2.61 bits per heavy atom. The molecule has 0 aliphatic carbocycles. The number of benzene rings is 2. The molecule has 2 aromatic carbocycles. The lowest BCUT2D eigenvalue weighted by atomic mass is 9.87. The van der Waals surface area contributed by atoms with Gasteiger partial charge in [-0.05, 0) is 41.3 Å². The first-order valence-electron chi connectivity index (χ1n) is 10.4. The van der Waals surface area contributed by atoms with Crippen LogP contribution in [0.1, 0.15) is 26.3 Å². The minimum atomic E-state index is -0.233. The summed E-state index contributed by atoms with van der Waals surface area (Å²) in [6.07, 6.45) is 0. The van der Waals surface area contributed by atoms with E-state index in [-0.39, 0.29) is 22.6 Å². The first kappa shape index (κ1) is 25.1. The van der Waals surface area contributed by atoms with Crippen LogP contribution < -0.4 is 15.6 Å². The highest BCUT2D eigenvalue weighted by Gasteiger charge is 2.18. The van der Waals surface area contributed by atoms with E-state index < -0.39 is 0 Å². The number of hydrogen-bond donors (Lipinski definition) is 1. The Hall–Kier alpha value is -2.55. The molecule has 0 radical (unpaired) electrons. The van der Waals surface area contributed by atoms with Crippen molar-refractivity contribution in [2.24, 2.45) is 0 Å². The molecule has 7 nitrogen and oxygen atoms in total. The van der Waals surface area contributed by atoms with Gasteiger partial charge in [0.1, 0.15) is 5.75 Å². The van der Waals surface area contributed by atoms with E-state index in [1.165, 1.54) is 16.3 Å². The van der Waals surface area contributed by atoms with Crippen molar-refractivity contribution >= 4 is 45.9 Å². The van der Waals surface area contributed by atoms with Gasteiger partial charge in [-0.1, -0.05) is 50.2 Å². The van der Waals surface area contributed by atoms with Gasteiger partial charge >= 0.3 is 0 Å². The van der Waals surface area contributed by atoms with Crippen molar-refractivity contribution in [3.05, 3.63) is 57.3 Å². The Kier molecular flexibility index (Phi) is 8.05. The summed E-state index contributed by atoms with van der Waals surface area (Å²) in [5.74, 6) is 0.411. The maximum absolute atomic E-state index is 13.0. The number of ether oxygens (including phenoxy) is 2. The Morgan fingerprint density at radius 2 is 1.94 bits per heavy atom. The third-order valence-corrected chi connectivity index (χ3v) is 6.28. The molecular formula is C24H28ClN3O4S. The summed E-state index contributed by atoms with van der Waals surface area (Å²) in [7, 11) is 3.13. The molecule has 0 fully saturated rings. The summed E-state index contributed by atoms with van der Waals surface area (Å²) in [5, 5.41) is 4.31. The number of thioether (sulfide) groups is 1. The van der Waals surface area contributed by atoms with Gasteiger partial charge in [0.15, 0.2) is 5.16 Å². The number of fused-ring (bicyclic) bond motifs is 1. The number of nitrogens with zero attached hydrogens (tertiary/aromatic N) is 2. The van der Waals surface area contributed by atoms with Crippen LogP contribution >= 0.6 is 23.4 Å². The number of halogens is 1. The Labute approximate surface area is 202 Å². The molecule has 176 valence electrons. The third-order valence-electron chi connectivity index (χ3n) is 5.07. The standard InChI is InChI=1S/C24H28ClN3O4S/c1-24(2,3)15-6-9-20(32-5)19(12-15)26-21(29)14-33-23-27-18-13-16(25)7-8-17(18)22(30)28(23)10-11-31-4/h6-9,12-13H,10-11,14H2,1-5H3,(H,26,29). The third kappa shape index (κ3) is 6.07. The zero-order valence-electron chi connectivity index (χ0n) is 19.4. The zero-order valence-corrected chi connectivity index (χ0v) is 21.0. The fourth-order valence-corrected chi connectivity index (χ4v) is 4.24. The lowest BCUT2D eigenvalue weighted by Crippen LogP contribution is -2.26. The summed E-state index contributed by atoms with van der Waals surface area (Å²) in [4.78, 5) is 30.4. The molecule has 0 atom stereocenters. The second kappa shape index (κ2) is 10.6. The van der Waals surface area contributed by atoms with Crippen LogP contribution in [0.2, 0.25) is 5.02 Å². The van der Waals surface area contributed by atoms with E-state index in [1.807, 2.05) is 18.2 Å². The number of anilines is 1. The van der Waals surface area contributed by atoms with Gasteiger partial charge in [0, 0.05) is 12.1 Å². The molecule has 1 heterocycles. The van der Waals surface area contributed by atoms with Crippen LogP contribution in [0.4, 0.5) is 5.69 Å². The average molecular weight is 490 g/mol. The van der Waals surface area contributed by atoms with Gasteiger partial charge in [-0.25, -0.2) is 4.98 Å². The van der Waals surface area contributed by atoms with Crippen molar-refractivity contribution in [1.29, 1.82) is 0 Å². The molecule has 0 aliphatic heterocycles. The first-order chi connectivity index (χ1) is 15.6. The number of nitrogens with one attached hydrogen (secondary N) is 1. The smallest absolute Gasteiger partial charge is 0.262 e. The maximum Gasteiger partial charge on any atom is 0.262 e. The zero-order chi connectivity index (χ0) is 24.2. The van der Waals surface area contributed by atoms with E-state index >= 15 is 0 Å². The van der Waals surface area contributed by atoms with E-state index in [0.717, 1.165) is 5.56 Å². The van der Waals surface area contributed by atoms with Crippen molar-refractivity contribution in [3.8, 4) is 5.75 Å². The van der Waals surface area contributed by atoms with Crippen LogP contribution in [-0.2, 0) is 21.5 Å². The fourth-order valence-electron chi connectivity index (χ4n) is 3.25. The molecule has 1 N–H and O–H groups in total. The van der Waals surface area contributed by atoms with E-state index in [9.17, 15) is 9.59 Å². The topological polar surface area (TPSA) is 82.4 Å². The van der Waals surface area contributed by atoms with Gasteiger partial charge in [-0.2, -0.15) is 0 Å². The highest BCUT2D eigenvalue weighted by molar-refractivity contribution is 7.99. The highest BCUT2D eigenvalue weighted by Crippen LogP contribution is 2.31. The minimum Gasteiger partial charge on any atom is -0.495 e. The molecule has 0 bridgehead atoms. The molecule has 3 aromatic rings. The van der Waals surface area contributed by atoms with Gasteiger partial charge in [-0.3, -0.25) is 14.2 Å². The Bertz CT molecular complexity index is 1220. The molecule has 0 saturated carbocycles. The molecule has 33 heavy (non-hydrogen) atoms. The summed E-state index contributed by atoms with van der Waals surface area (Å²) < 4.78 is 12.1. The normalized spacial score (nSPS) is 11.6. The summed E-state index contributed by atoms with van der Waals surface area (Å²) >= 11 is 7.27. The first-order valence-corrected chi connectivity index (χ1v) is 11.8. The molecule has 1 amide bonds. The second-order valence-electron chi connectivity index (χ2n) is 8.51. The SMILES string of the molecule is COCCn1c(SCC(=O)Nc2cc(C(C)(C)C)ccc2OC)nc2cc(Cl)ccc2c1=O. The Morgan fingerprint density at radius 1 is 1.18 bits per heavy atom.